The fraction of sp³-hybridized carbons (Fsp3) is 0.385. The SMILES string of the molecule is NC1(N)CCCCC1=Cc1ccccc1O. The van der Waals surface area contributed by atoms with Crippen LogP contribution in [0.5, 0.6) is 5.75 Å². The van der Waals surface area contributed by atoms with Gasteiger partial charge < -0.3 is 16.6 Å². The summed E-state index contributed by atoms with van der Waals surface area (Å²) in [4.78, 5) is 0. The van der Waals surface area contributed by atoms with Gasteiger partial charge >= 0.3 is 0 Å². The van der Waals surface area contributed by atoms with Crippen molar-refractivity contribution in [3.05, 3.63) is 35.4 Å². The van der Waals surface area contributed by atoms with Crippen molar-refractivity contribution in [1.29, 1.82) is 0 Å². The van der Waals surface area contributed by atoms with E-state index in [4.69, 9.17) is 11.5 Å². The summed E-state index contributed by atoms with van der Waals surface area (Å²) in [5, 5.41) is 9.69. The summed E-state index contributed by atoms with van der Waals surface area (Å²) in [6.45, 7) is 0. The second-order valence-electron chi connectivity index (χ2n) is 4.48. The van der Waals surface area contributed by atoms with E-state index >= 15 is 0 Å². The zero-order valence-corrected chi connectivity index (χ0v) is 9.32. The molecule has 1 aliphatic carbocycles. The molecule has 3 heteroatoms. The lowest BCUT2D eigenvalue weighted by molar-refractivity contribution is 0.398. The number of phenols is 1. The third-order valence-corrected chi connectivity index (χ3v) is 3.15. The van der Waals surface area contributed by atoms with Crippen molar-refractivity contribution in [1.82, 2.24) is 0 Å². The molecule has 2 rings (SSSR count). The van der Waals surface area contributed by atoms with Gasteiger partial charge in [0, 0.05) is 5.56 Å². The monoisotopic (exact) mass is 218 g/mol. The summed E-state index contributed by atoms with van der Waals surface area (Å²) in [5.41, 5.74) is 13.2. The van der Waals surface area contributed by atoms with E-state index in [1.807, 2.05) is 18.2 Å². The Morgan fingerprint density at radius 3 is 2.62 bits per heavy atom. The smallest absolute Gasteiger partial charge is 0.122 e. The largest absolute Gasteiger partial charge is 0.507 e. The van der Waals surface area contributed by atoms with Crippen LogP contribution in [0.25, 0.3) is 6.08 Å². The average molecular weight is 218 g/mol. The predicted octanol–water partition coefficient (Wildman–Crippen LogP) is 1.96. The highest BCUT2D eigenvalue weighted by atomic mass is 16.3. The minimum absolute atomic E-state index is 0.274. The molecule has 5 N–H and O–H groups in total. The number of para-hydroxylation sites is 1. The number of aromatic hydroxyl groups is 1. The summed E-state index contributed by atoms with van der Waals surface area (Å²) < 4.78 is 0. The van der Waals surface area contributed by atoms with Gasteiger partial charge in [-0.25, -0.2) is 0 Å². The van der Waals surface area contributed by atoms with E-state index in [1.54, 1.807) is 12.1 Å². The Bertz CT molecular complexity index is 410. The minimum Gasteiger partial charge on any atom is -0.507 e. The van der Waals surface area contributed by atoms with Gasteiger partial charge in [-0.15, -0.1) is 0 Å². The second-order valence-corrected chi connectivity index (χ2v) is 4.48. The van der Waals surface area contributed by atoms with Gasteiger partial charge in [-0.05, 0) is 43.4 Å². The van der Waals surface area contributed by atoms with Crippen LogP contribution in [0.1, 0.15) is 31.2 Å². The Labute approximate surface area is 95.8 Å². The molecule has 0 amide bonds. The molecule has 0 radical (unpaired) electrons. The first-order chi connectivity index (χ1) is 7.59. The maximum atomic E-state index is 9.69. The molecule has 86 valence electrons. The van der Waals surface area contributed by atoms with Crippen molar-refractivity contribution < 1.29 is 5.11 Å². The van der Waals surface area contributed by atoms with Crippen LogP contribution in [0.3, 0.4) is 0 Å². The van der Waals surface area contributed by atoms with Gasteiger partial charge in [0.1, 0.15) is 5.75 Å². The van der Waals surface area contributed by atoms with Crippen molar-refractivity contribution in [3.8, 4) is 5.75 Å². The average Bonchev–Trinajstić information content (AvgIpc) is 2.24. The van der Waals surface area contributed by atoms with Gasteiger partial charge in [-0.2, -0.15) is 0 Å². The number of hydrogen-bond donors (Lipinski definition) is 3. The zero-order valence-electron chi connectivity index (χ0n) is 9.32. The molecule has 1 saturated carbocycles. The number of phenolic OH excluding ortho intramolecular Hbond substituents is 1. The molecule has 0 spiro atoms. The van der Waals surface area contributed by atoms with E-state index in [9.17, 15) is 5.11 Å². The Morgan fingerprint density at radius 1 is 1.19 bits per heavy atom. The highest BCUT2D eigenvalue weighted by Gasteiger charge is 2.27. The summed E-state index contributed by atoms with van der Waals surface area (Å²) in [5.74, 6) is 0.274. The first-order valence-electron chi connectivity index (χ1n) is 5.66. The summed E-state index contributed by atoms with van der Waals surface area (Å²) in [6, 6.07) is 7.23. The number of hydrogen-bond acceptors (Lipinski definition) is 3. The lowest BCUT2D eigenvalue weighted by Gasteiger charge is -2.32. The van der Waals surface area contributed by atoms with Gasteiger partial charge in [-0.1, -0.05) is 18.2 Å². The summed E-state index contributed by atoms with van der Waals surface area (Å²) in [7, 11) is 0. The highest BCUT2D eigenvalue weighted by Crippen LogP contribution is 2.30. The fourth-order valence-electron chi connectivity index (χ4n) is 2.13. The normalized spacial score (nSPS) is 22.2. The van der Waals surface area contributed by atoms with E-state index in [0.717, 1.165) is 36.8 Å². The van der Waals surface area contributed by atoms with E-state index in [0.29, 0.717) is 0 Å². The molecule has 0 bridgehead atoms. The van der Waals surface area contributed by atoms with Crippen molar-refractivity contribution in [2.24, 2.45) is 11.5 Å². The van der Waals surface area contributed by atoms with Crippen LogP contribution in [-0.2, 0) is 0 Å². The molecule has 0 atom stereocenters. The standard InChI is InChI=1S/C13H18N2O/c14-13(15)8-4-3-6-11(13)9-10-5-1-2-7-12(10)16/h1-2,5,7,9,16H,3-4,6,8,14-15H2. The Kier molecular flexibility index (Phi) is 2.99. The van der Waals surface area contributed by atoms with Crippen molar-refractivity contribution in [2.45, 2.75) is 31.3 Å². The lowest BCUT2D eigenvalue weighted by Crippen LogP contribution is -2.52. The first-order valence-corrected chi connectivity index (χ1v) is 5.66. The summed E-state index contributed by atoms with van der Waals surface area (Å²) in [6.07, 6.45) is 5.85. The molecular formula is C13H18N2O. The van der Waals surface area contributed by atoms with Crippen LogP contribution in [0.2, 0.25) is 0 Å². The molecule has 0 heterocycles. The van der Waals surface area contributed by atoms with Crippen LogP contribution in [0.15, 0.2) is 29.8 Å². The fourth-order valence-corrected chi connectivity index (χ4v) is 2.13. The number of benzene rings is 1. The maximum absolute atomic E-state index is 9.69. The minimum atomic E-state index is -0.708. The quantitative estimate of drug-likeness (QED) is 0.631. The van der Waals surface area contributed by atoms with Gasteiger partial charge in [0.25, 0.3) is 0 Å². The molecule has 0 saturated heterocycles. The molecule has 1 aliphatic rings. The predicted molar refractivity (Wildman–Crippen MR) is 65.7 cm³/mol. The molecule has 0 aliphatic heterocycles. The third-order valence-electron chi connectivity index (χ3n) is 3.15. The van der Waals surface area contributed by atoms with E-state index in [-0.39, 0.29) is 5.75 Å². The van der Waals surface area contributed by atoms with Crippen LogP contribution in [0, 0.1) is 0 Å². The van der Waals surface area contributed by atoms with E-state index < -0.39 is 5.66 Å². The summed E-state index contributed by atoms with van der Waals surface area (Å²) >= 11 is 0. The Morgan fingerprint density at radius 2 is 1.94 bits per heavy atom. The molecule has 3 nitrogen and oxygen atoms in total. The van der Waals surface area contributed by atoms with Crippen LogP contribution < -0.4 is 11.5 Å². The molecule has 1 fully saturated rings. The second kappa shape index (κ2) is 4.28. The van der Waals surface area contributed by atoms with Crippen molar-refractivity contribution >= 4 is 6.08 Å². The van der Waals surface area contributed by atoms with Crippen LogP contribution >= 0.6 is 0 Å². The first kappa shape index (κ1) is 11.2. The van der Waals surface area contributed by atoms with E-state index in [2.05, 4.69) is 0 Å². The van der Waals surface area contributed by atoms with Gasteiger partial charge in [0.05, 0.1) is 5.66 Å². The molecule has 0 aromatic heterocycles. The van der Waals surface area contributed by atoms with E-state index in [1.165, 1.54) is 0 Å². The molecule has 16 heavy (non-hydrogen) atoms. The van der Waals surface area contributed by atoms with Crippen molar-refractivity contribution in [3.63, 3.8) is 0 Å². The maximum Gasteiger partial charge on any atom is 0.122 e. The van der Waals surface area contributed by atoms with Crippen LogP contribution in [0.4, 0.5) is 0 Å². The Balaban J connectivity index is 2.33. The molecule has 0 unspecified atom stereocenters. The van der Waals surface area contributed by atoms with Crippen LogP contribution in [-0.4, -0.2) is 10.8 Å². The number of rotatable bonds is 1. The molecule has 1 aromatic rings. The topological polar surface area (TPSA) is 72.3 Å². The van der Waals surface area contributed by atoms with Gasteiger partial charge in [-0.3, -0.25) is 0 Å². The molecule has 1 aromatic carbocycles. The van der Waals surface area contributed by atoms with Crippen molar-refractivity contribution in [2.75, 3.05) is 0 Å². The number of nitrogens with two attached hydrogens (primary N) is 2. The third kappa shape index (κ3) is 2.26. The van der Waals surface area contributed by atoms with Gasteiger partial charge in [0.2, 0.25) is 0 Å². The highest BCUT2D eigenvalue weighted by molar-refractivity contribution is 5.61. The van der Waals surface area contributed by atoms with Gasteiger partial charge in [0.15, 0.2) is 0 Å². The Hall–Kier alpha value is -1.32. The lowest BCUT2D eigenvalue weighted by atomic mass is 9.84. The molecular weight excluding hydrogens is 200 g/mol. The zero-order chi connectivity index (χ0) is 11.6.